The second kappa shape index (κ2) is 5.82. The van der Waals surface area contributed by atoms with Crippen LogP contribution in [-0.4, -0.2) is 37.6 Å². The maximum absolute atomic E-state index is 12.1. The molecule has 0 radical (unpaired) electrons. The van der Waals surface area contributed by atoms with E-state index in [1.807, 2.05) is 31.1 Å². The van der Waals surface area contributed by atoms with Crippen LogP contribution in [0.3, 0.4) is 0 Å². The molecule has 2 rings (SSSR count). The van der Waals surface area contributed by atoms with Crippen molar-refractivity contribution < 1.29 is 4.79 Å². The molecule has 1 aliphatic rings. The fourth-order valence-electron chi connectivity index (χ4n) is 2.15. The molecule has 0 aromatic carbocycles. The highest BCUT2D eigenvalue weighted by Crippen LogP contribution is 2.21. The zero-order valence-electron chi connectivity index (χ0n) is 10.9. The number of anilines is 2. The number of carbonyl (C=O) groups is 1. The van der Waals surface area contributed by atoms with Gasteiger partial charge in [0.2, 0.25) is 5.91 Å². The number of hydrogen-bond donors (Lipinski definition) is 2. The highest BCUT2D eigenvalue weighted by atomic mass is 16.2. The minimum absolute atomic E-state index is 0.0331. The maximum atomic E-state index is 12.1. The minimum atomic E-state index is -0.0750. The summed E-state index contributed by atoms with van der Waals surface area (Å²) in [4.78, 5) is 18.3. The van der Waals surface area contributed by atoms with Crippen molar-refractivity contribution in [1.29, 1.82) is 0 Å². The Morgan fingerprint density at radius 2 is 2.33 bits per heavy atom. The number of nitrogens with one attached hydrogen (secondary N) is 2. The third-order valence-corrected chi connectivity index (χ3v) is 3.09. The molecular weight excluding hydrogens is 228 g/mol. The van der Waals surface area contributed by atoms with E-state index in [-0.39, 0.29) is 11.9 Å². The number of pyridine rings is 1. The third kappa shape index (κ3) is 2.98. The van der Waals surface area contributed by atoms with Gasteiger partial charge in [0.1, 0.15) is 0 Å². The van der Waals surface area contributed by atoms with Crippen LogP contribution in [0.5, 0.6) is 0 Å². The molecule has 5 nitrogen and oxygen atoms in total. The lowest BCUT2D eigenvalue weighted by Crippen LogP contribution is -2.43. The molecule has 1 fully saturated rings. The van der Waals surface area contributed by atoms with Crippen LogP contribution in [0.1, 0.15) is 19.3 Å². The first-order valence-electron chi connectivity index (χ1n) is 6.35. The Hall–Kier alpha value is -1.62. The number of hydrogen-bond acceptors (Lipinski definition) is 4. The summed E-state index contributed by atoms with van der Waals surface area (Å²) in [6, 6.07) is 3.63. The predicted molar refractivity (Wildman–Crippen MR) is 72.8 cm³/mol. The second-order valence-corrected chi connectivity index (χ2v) is 4.76. The highest BCUT2D eigenvalue weighted by Gasteiger charge is 2.21. The maximum Gasteiger partial charge on any atom is 0.241 e. The molecule has 0 unspecified atom stereocenters. The number of aromatic nitrogens is 1. The number of amides is 1. The number of rotatable bonds is 3. The van der Waals surface area contributed by atoms with E-state index in [0.29, 0.717) is 0 Å². The molecule has 1 amide bonds. The van der Waals surface area contributed by atoms with Gasteiger partial charge in [0, 0.05) is 20.3 Å². The van der Waals surface area contributed by atoms with Crippen LogP contribution in [0.25, 0.3) is 0 Å². The smallest absolute Gasteiger partial charge is 0.241 e. The van der Waals surface area contributed by atoms with Gasteiger partial charge in [-0.15, -0.1) is 0 Å². The summed E-state index contributed by atoms with van der Waals surface area (Å²) in [5.41, 5.74) is 0.764. The Labute approximate surface area is 108 Å². The highest BCUT2D eigenvalue weighted by molar-refractivity contribution is 5.97. The molecule has 0 spiro atoms. The van der Waals surface area contributed by atoms with Crippen molar-refractivity contribution in [2.45, 2.75) is 25.3 Å². The molecule has 5 heteroatoms. The Morgan fingerprint density at radius 1 is 1.50 bits per heavy atom. The van der Waals surface area contributed by atoms with Gasteiger partial charge in [-0.05, 0) is 31.5 Å². The summed E-state index contributed by atoms with van der Waals surface area (Å²) in [5.74, 6) is 0.812. The van der Waals surface area contributed by atoms with Crippen LogP contribution in [0.4, 0.5) is 11.5 Å². The van der Waals surface area contributed by atoms with Crippen molar-refractivity contribution in [2.24, 2.45) is 0 Å². The predicted octanol–water partition coefficient (Wildman–Crippen LogP) is 1.23. The Balaban J connectivity index is 2.06. The van der Waals surface area contributed by atoms with Gasteiger partial charge in [-0.3, -0.25) is 4.79 Å². The fraction of sp³-hybridized carbons (Fsp3) is 0.538. The molecule has 1 aliphatic heterocycles. The summed E-state index contributed by atoms with van der Waals surface area (Å²) in [6.45, 7) is 0.922. The summed E-state index contributed by atoms with van der Waals surface area (Å²) >= 11 is 0. The monoisotopic (exact) mass is 248 g/mol. The zero-order valence-corrected chi connectivity index (χ0v) is 10.9. The minimum Gasteiger partial charge on any atom is -0.361 e. The number of nitrogens with zero attached hydrogens (tertiary/aromatic N) is 2. The van der Waals surface area contributed by atoms with Crippen LogP contribution in [-0.2, 0) is 4.79 Å². The molecule has 18 heavy (non-hydrogen) atoms. The lowest BCUT2D eigenvalue weighted by molar-refractivity contribution is -0.118. The van der Waals surface area contributed by atoms with Gasteiger partial charge in [-0.25, -0.2) is 4.98 Å². The molecule has 1 atom stereocenters. The van der Waals surface area contributed by atoms with Crippen molar-refractivity contribution in [3.63, 3.8) is 0 Å². The van der Waals surface area contributed by atoms with E-state index in [4.69, 9.17) is 0 Å². The van der Waals surface area contributed by atoms with Crippen molar-refractivity contribution in [3.8, 4) is 0 Å². The first-order chi connectivity index (χ1) is 8.68. The molecule has 0 bridgehead atoms. The van der Waals surface area contributed by atoms with Gasteiger partial charge >= 0.3 is 0 Å². The van der Waals surface area contributed by atoms with Crippen LogP contribution in [0.15, 0.2) is 18.3 Å². The van der Waals surface area contributed by atoms with E-state index in [9.17, 15) is 4.79 Å². The van der Waals surface area contributed by atoms with Crippen molar-refractivity contribution in [3.05, 3.63) is 18.3 Å². The van der Waals surface area contributed by atoms with Gasteiger partial charge in [0.25, 0.3) is 0 Å². The molecule has 2 heterocycles. The van der Waals surface area contributed by atoms with Crippen LogP contribution in [0.2, 0.25) is 0 Å². The molecule has 0 aliphatic carbocycles. The first kappa shape index (κ1) is 12.8. The third-order valence-electron chi connectivity index (χ3n) is 3.09. The fourth-order valence-corrected chi connectivity index (χ4v) is 2.15. The summed E-state index contributed by atoms with van der Waals surface area (Å²) in [5, 5.41) is 6.20. The van der Waals surface area contributed by atoms with E-state index in [0.717, 1.165) is 37.3 Å². The quantitative estimate of drug-likeness (QED) is 0.844. The topological polar surface area (TPSA) is 57.3 Å². The Morgan fingerprint density at radius 3 is 3.00 bits per heavy atom. The van der Waals surface area contributed by atoms with E-state index in [1.165, 1.54) is 0 Å². The van der Waals surface area contributed by atoms with Gasteiger partial charge in [0.05, 0.1) is 11.7 Å². The molecule has 1 aromatic heterocycles. The lowest BCUT2D eigenvalue weighted by Gasteiger charge is -2.23. The molecule has 2 N–H and O–H groups in total. The molecule has 1 saturated heterocycles. The Bertz CT molecular complexity index is 413. The molecule has 0 saturated carbocycles. The van der Waals surface area contributed by atoms with Gasteiger partial charge in [0.15, 0.2) is 5.82 Å². The number of piperidine rings is 1. The van der Waals surface area contributed by atoms with Gasteiger partial charge < -0.3 is 15.5 Å². The van der Waals surface area contributed by atoms with Crippen molar-refractivity contribution in [1.82, 2.24) is 10.3 Å². The van der Waals surface area contributed by atoms with Crippen molar-refractivity contribution >= 4 is 17.4 Å². The average Bonchev–Trinajstić information content (AvgIpc) is 2.40. The van der Waals surface area contributed by atoms with Crippen LogP contribution < -0.4 is 15.5 Å². The van der Waals surface area contributed by atoms with E-state index in [2.05, 4.69) is 15.6 Å². The SMILES string of the molecule is CN(C)c1ncccc1NC(=O)[C@H]1CCCCN1. The molecular formula is C13H20N4O. The summed E-state index contributed by atoms with van der Waals surface area (Å²) in [6.07, 6.45) is 4.89. The van der Waals surface area contributed by atoms with E-state index >= 15 is 0 Å². The van der Waals surface area contributed by atoms with Crippen LogP contribution in [0, 0.1) is 0 Å². The molecule has 1 aromatic rings. The van der Waals surface area contributed by atoms with Gasteiger partial charge in [-0.1, -0.05) is 6.42 Å². The van der Waals surface area contributed by atoms with E-state index in [1.54, 1.807) is 6.20 Å². The normalized spacial score (nSPS) is 19.3. The number of carbonyl (C=O) groups excluding carboxylic acids is 1. The first-order valence-corrected chi connectivity index (χ1v) is 6.35. The second-order valence-electron chi connectivity index (χ2n) is 4.76. The van der Waals surface area contributed by atoms with E-state index < -0.39 is 0 Å². The standard InChI is InChI=1S/C13H20N4O/c1-17(2)12-10(7-5-9-15-12)16-13(18)11-6-3-4-8-14-11/h5,7,9,11,14H,3-4,6,8H2,1-2H3,(H,16,18)/t11-/m1/s1. The van der Waals surface area contributed by atoms with Gasteiger partial charge in [-0.2, -0.15) is 0 Å². The summed E-state index contributed by atoms with van der Waals surface area (Å²) in [7, 11) is 3.83. The lowest BCUT2D eigenvalue weighted by atomic mass is 10.0. The largest absolute Gasteiger partial charge is 0.361 e. The average molecular weight is 248 g/mol. The van der Waals surface area contributed by atoms with Crippen LogP contribution >= 0.6 is 0 Å². The van der Waals surface area contributed by atoms with Crippen molar-refractivity contribution in [2.75, 3.05) is 30.9 Å². The summed E-state index contributed by atoms with van der Waals surface area (Å²) < 4.78 is 0. The Kier molecular flexibility index (Phi) is 4.15. The zero-order chi connectivity index (χ0) is 13.0. The molecule has 98 valence electrons.